The Kier molecular flexibility index (Phi) is 4.42. The van der Waals surface area contributed by atoms with E-state index < -0.39 is 10.0 Å². The van der Waals surface area contributed by atoms with E-state index in [2.05, 4.69) is 4.98 Å². The largest absolute Gasteiger partial charge is 0.335 e. The van der Waals surface area contributed by atoms with Gasteiger partial charge in [-0.2, -0.15) is 4.31 Å². The first-order valence-corrected chi connectivity index (χ1v) is 9.66. The Hall–Kier alpha value is -2.19. The highest BCUT2D eigenvalue weighted by atomic mass is 32.2. The number of amides is 1. The molecule has 0 fully saturated rings. The van der Waals surface area contributed by atoms with Crippen molar-refractivity contribution in [1.29, 1.82) is 0 Å². The zero-order chi connectivity index (χ0) is 18.4. The number of carbonyl (C=O) groups excluding carboxylic acids is 1. The molecule has 0 aliphatic carbocycles. The third-order valence-electron chi connectivity index (χ3n) is 4.48. The highest BCUT2D eigenvalue weighted by Crippen LogP contribution is 2.30. The molecule has 3 rings (SSSR count). The van der Waals surface area contributed by atoms with Crippen molar-refractivity contribution < 1.29 is 13.2 Å². The molecule has 1 aromatic heterocycles. The maximum Gasteiger partial charge on any atom is 0.274 e. The summed E-state index contributed by atoms with van der Waals surface area (Å²) in [6.07, 6.45) is 1.53. The van der Waals surface area contributed by atoms with Crippen LogP contribution in [0.25, 0.3) is 5.69 Å². The third-order valence-corrected chi connectivity index (χ3v) is 6.33. The van der Waals surface area contributed by atoms with E-state index in [0.29, 0.717) is 23.6 Å². The van der Waals surface area contributed by atoms with Crippen LogP contribution in [0, 0.1) is 0 Å². The smallest absolute Gasteiger partial charge is 0.274 e. The first-order chi connectivity index (χ1) is 11.8. The molecule has 134 valence electrons. The summed E-state index contributed by atoms with van der Waals surface area (Å²) < 4.78 is 28.5. The van der Waals surface area contributed by atoms with Crippen molar-refractivity contribution in [2.45, 2.75) is 38.3 Å². The Morgan fingerprint density at radius 1 is 1.32 bits per heavy atom. The fourth-order valence-corrected chi connectivity index (χ4v) is 4.44. The fraction of sp³-hybridized carbons (Fsp3) is 0.412. The van der Waals surface area contributed by atoms with Crippen LogP contribution in [0.3, 0.4) is 0 Å². The Morgan fingerprint density at radius 3 is 2.64 bits per heavy atom. The van der Waals surface area contributed by atoms with E-state index >= 15 is 0 Å². The van der Waals surface area contributed by atoms with Crippen LogP contribution in [-0.4, -0.2) is 52.7 Å². The molecular formula is C17H22N4O3S. The second-order valence-corrected chi connectivity index (χ2v) is 8.34. The normalized spacial score (nSPS) is 16.2. The molecule has 0 saturated heterocycles. The van der Waals surface area contributed by atoms with Crippen LogP contribution in [0.4, 0.5) is 0 Å². The lowest BCUT2D eigenvalue weighted by atomic mass is 10.2. The first kappa shape index (κ1) is 17.6. The number of benzene rings is 1. The molecule has 0 N–H and O–H groups in total. The summed E-state index contributed by atoms with van der Waals surface area (Å²) in [4.78, 5) is 19.2. The van der Waals surface area contributed by atoms with Crippen molar-refractivity contribution >= 4 is 15.9 Å². The van der Waals surface area contributed by atoms with Gasteiger partial charge in [-0.05, 0) is 32.9 Å². The molecule has 1 aromatic carbocycles. The minimum absolute atomic E-state index is 0.0365. The maximum atomic E-state index is 12.9. The topological polar surface area (TPSA) is 75.5 Å². The molecular weight excluding hydrogens is 340 g/mol. The molecule has 0 saturated carbocycles. The number of nitrogens with zero attached hydrogens (tertiary/aromatic N) is 4. The molecule has 2 heterocycles. The number of imidazole rings is 1. The molecule has 1 aliphatic heterocycles. The Bertz CT molecular complexity index is 918. The lowest BCUT2D eigenvalue weighted by Gasteiger charge is -2.25. The maximum absolute atomic E-state index is 12.9. The second kappa shape index (κ2) is 6.27. The number of hydrogen-bond acceptors (Lipinski definition) is 4. The predicted molar refractivity (Wildman–Crippen MR) is 94.1 cm³/mol. The number of hydrogen-bond donors (Lipinski definition) is 0. The third kappa shape index (κ3) is 2.75. The van der Waals surface area contributed by atoms with Gasteiger partial charge in [-0.1, -0.05) is 12.1 Å². The minimum Gasteiger partial charge on any atom is -0.335 e. The number of carbonyl (C=O) groups is 1. The van der Waals surface area contributed by atoms with Gasteiger partial charge in [-0.15, -0.1) is 0 Å². The Morgan fingerprint density at radius 2 is 2.00 bits per heavy atom. The SMILES string of the molecule is CCN(C(=O)c1ncn2c1CN(C)S(=O)(=O)c1ccccc1-2)C(C)C. The molecule has 0 radical (unpaired) electrons. The highest BCUT2D eigenvalue weighted by Gasteiger charge is 2.33. The summed E-state index contributed by atoms with van der Waals surface area (Å²) in [5.41, 5.74) is 1.40. The summed E-state index contributed by atoms with van der Waals surface area (Å²) >= 11 is 0. The molecule has 2 aromatic rings. The van der Waals surface area contributed by atoms with Crippen LogP contribution < -0.4 is 0 Å². The van der Waals surface area contributed by atoms with E-state index in [4.69, 9.17) is 0 Å². The molecule has 1 amide bonds. The van der Waals surface area contributed by atoms with E-state index in [0.717, 1.165) is 0 Å². The van der Waals surface area contributed by atoms with Gasteiger partial charge in [0.15, 0.2) is 5.69 Å². The van der Waals surface area contributed by atoms with E-state index in [1.165, 1.54) is 17.7 Å². The standard InChI is InChI=1S/C17H22N4O3S/c1-5-20(12(2)3)17(22)16-14-10-19(4)25(23,24)15-9-7-6-8-13(15)21(14)11-18-16/h6-9,11-12H,5,10H2,1-4H3. The molecule has 7 nitrogen and oxygen atoms in total. The van der Waals surface area contributed by atoms with Crippen molar-refractivity contribution in [3.63, 3.8) is 0 Å². The monoisotopic (exact) mass is 362 g/mol. The number of sulfonamides is 1. The zero-order valence-corrected chi connectivity index (χ0v) is 15.6. The molecule has 0 unspecified atom stereocenters. The summed E-state index contributed by atoms with van der Waals surface area (Å²) in [5.74, 6) is -0.184. The average Bonchev–Trinajstić information content (AvgIpc) is 2.95. The lowest BCUT2D eigenvalue weighted by molar-refractivity contribution is 0.0709. The van der Waals surface area contributed by atoms with Gasteiger partial charge in [0.25, 0.3) is 5.91 Å². The number of aromatic nitrogens is 2. The summed E-state index contributed by atoms with van der Waals surface area (Å²) in [7, 11) is -2.10. The van der Waals surface area contributed by atoms with Gasteiger partial charge >= 0.3 is 0 Å². The highest BCUT2D eigenvalue weighted by molar-refractivity contribution is 7.89. The number of rotatable bonds is 3. The van der Waals surface area contributed by atoms with E-state index in [1.54, 1.807) is 33.7 Å². The lowest BCUT2D eigenvalue weighted by Crippen LogP contribution is -2.37. The van der Waals surface area contributed by atoms with Gasteiger partial charge < -0.3 is 4.90 Å². The summed E-state index contributed by atoms with van der Waals surface area (Å²) in [6, 6.07) is 6.80. The van der Waals surface area contributed by atoms with E-state index in [9.17, 15) is 13.2 Å². The first-order valence-electron chi connectivity index (χ1n) is 8.22. The van der Waals surface area contributed by atoms with E-state index in [1.807, 2.05) is 20.8 Å². The molecule has 8 heteroatoms. The molecule has 1 aliphatic rings. The second-order valence-electron chi connectivity index (χ2n) is 6.32. The zero-order valence-electron chi connectivity index (χ0n) is 14.8. The van der Waals surface area contributed by atoms with Crippen LogP contribution in [0.5, 0.6) is 0 Å². The molecule has 25 heavy (non-hydrogen) atoms. The van der Waals surface area contributed by atoms with Gasteiger partial charge in [-0.3, -0.25) is 9.36 Å². The number of fused-ring (bicyclic) bond motifs is 3. The fourth-order valence-electron chi connectivity index (χ4n) is 3.13. The van der Waals surface area contributed by atoms with Crippen LogP contribution in [-0.2, 0) is 16.6 Å². The van der Waals surface area contributed by atoms with Gasteiger partial charge in [0, 0.05) is 19.6 Å². The van der Waals surface area contributed by atoms with Crippen molar-refractivity contribution in [2.75, 3.05) is 13.6 Å². The summed E-state index contributed by atoms with van der Waals surface area (Å²) in [5, 5.41) is 0. The van der Waals surface area contributed by atoms with Crippen LogP contribution in [0.2, 0.25) is 0 Å². The van der Waals surface area contributed by atoms with Crippen molar-refractivity contribution in [1.82, 2.24) is 18.8 Å². The average molecular weight is 362 g/mol. The van der Waals surface area contributed by atoms with Crippen molar-refractivity contribution in [3.8, 4) is 5.69 Å². The minimum atomic E-state index is -3.62. The quantitative estimate of drug-likeness (QED) is 0.835. The van der Waals surface area contributed by atoms with Gasteiger partial charge in [0.2, 0.25) is 10.0 Å². The van der Waals surface area contributed by atoms with Gasteiger partial charge in [-0.25, -0.2) is 13.4 Å². The van der Waals surface area contributed by atoms with Crippen molar-refractivity contribution in [3.05, 3.63) is 42.0 Å². The van der Waals surface area contributed by atoms with Crippen molar-refractivity contribution in [2.24, 2.45) is 0 Å². The molecule has 0 spiro atoms. The van der Waals surface area contributed by atoms with E-state index in [-0.39, 0.29) is 23.4 Å². The van der Waals surface area contributed by atoms with Crippen LogP contribution in [0.15, 0.2) is 35.5 Å². The predicted octanol–water partition coefficient (Wildman–Crippen LogP) is 1.88. The van der Waals surface area contributed by atoms with Crippen LogP contribution >= 0.6 is 0 Å². The Balaban J connectivity index is 2.20. The molecule has 0 atom stereocenters. The Labute approximate surface area is 147 Å². The summed E-state index contributed by atoms with van der Waals surface area (Å²) in [6.45, 7) is 6.46. The van der Waals surface area contributed by atoms with Gasteiger partial charge in [0.1, 0.15) is 11.2 Å². The number of para-hydroxylation sites is 1. The molecule has 0 bridgehead atoms. The van der Waals surface area contributed by atoms with Crippen LogP contribution in [0.1, 0.15) is 37.0 Å². The van der Waals surface area contributed by atoms with Gasteiger partial charge in [0.05, 0.1) is 17.9 Å².